The summed E-state index contributed by atoms with van der Waals surface area (Å²) in [5, 5.41) is 8.94. The first-order chi connectivity index (χ1) is 8.87. The number of carbonyl (C=O) groups excluding carboxylic acids is 1. The average molecular weight is 322 g/mol. The monoisotopic (exact) mass is 321 g/mol. The summed E-state index contributed by atoms with van der Waals surface area (Å²) in [7, 11) is 1.83. The molecule has 0 atom stereocenters. The van der Waals surface area contributed by atoms with Gasteiger partial charge < -0.3 is 9.80 Å². The Morgan fingerprint density at radius 2 is 2.05 bits per heavy atom. The lowest BCUT2D eigenvalue weighted by Gasteiger charge is -2.46. The van der Waals surface area contributed by atoms with Crippen LogP contribution in [0.15, 0.2) is 22.7 Å². The number of hydrogen-bond donors (Lipinski definition) is 0. The van der Waals surface area contributed by atoms with E-state index in [0.29, 0.717) is 12.1 Å². The highest BCUT2D eigenvalue weighted by Gasteiger charge is 2.40. The van der Waals surface area contributed by atoms with Crippen LogP contribution in [0.1, 0.15) is 19.4 Å². The Kier molecular flexibility index (Phi) is 3.55. The third-order valence-electron chi connectivity index (χ3n) is 3.59. The molecule has 1 aliphatic heterocycles. The van der Waals surface area contributed by atoms with Crippen LogP contribution in [0, 0.1) is 11.3 Å². The molecule has 2 rings (SSSR count). The lowest BCUT2D eigenvalue weighted by Crippen LogP contribution is -2.62. The van der Waals surface area contributed by atoms with Gasteiger partial charge in [-0.2, -0.15) is 5.26 Å². The molecule has 19 heavy (non-hydrogen) atoms. The molecule has 1 heterocycles. The number of likely N-dealkylation sites (N-methyl/N-ethyl adjacent to an activating group) is 1. The fraction of sp³-hybridized carbons (Fsp3) is 0.429. The Morgan fingerprint density at radius 3 is 2.63 bits per heavy atom. The van der Waals surface area contributed by atoms with Gasteiger partial charge in [0.1, 0.15) is 11.6 Å². The van der Waals surface area contributed by atoms with Crippen LogP contribution in [0.25, 0.3) is 0 Å². The Morgan fingerprint density at radius 1 is 1.37 bits per heavy atom. The molecular weight excluding hydrogens is 306 g/mol. The number of nitrogens with zero attached hydrogens (tertiary/aromatic N) is 3. The molecule has 1 fully saturated rings. The van der Waals surface area contributed by atoms with Crippen molar-refractivity contribution in [3.8, 4) is 6.07 Å². The van der Waals surface area contributed by atoms with Crippen LogP contribution < -0.4 is 4.90 Å². The largest absolute Gasteiger partial charge is 0.356 e. The van der Waals surface area contributed by atoms with Gasteiger partial charge in [0.2, 0.25) is 5.91 Å². The second kappa shape index (κ2) is 4.86. The number of halogens is 1. The van der Waals surface area contributed by atoms with Gasteiger partial charge in [0, 0.05) is 30.3 Å². The lowest BCUT2D eigenvalue weighted by molar-refractivity contribution is -0.136. The van der Waals surface area contributed by atoms with Gasteiger partial charge in [0.05, 0.1) is 5.56 Å². The van der Waals surface area contributed by atoms with Gasteiger partial charge in [-0.05, 0) is 48.0 Å². The van der Waals surface area contributed by atoms with Crippen LogP contribution in [-0.2, 0) is 4.79 Å². The van der Waals surface area contributed by atoms with Crippen molar-refractivity contribution in [2.75, 3.05) is 25.0 Å². The Hall–Kier alpha value is -1.54. The number of benzene rings is 1. The number of carbonyl (C=O) groups is 1. The molecule has 1 aliphatic rings. The van der Waals surface area contributed by atoms with Gasteiger partial charge >= 0.3 is 0 Å². The first-order valence-corrected chi connectivity index (χ1v) is 6.90. The minimum Gasteiger partial charge on any atom is -0.356 e. The van der Waals surface area contributed by atoms with Gasteiger partial charge in [-0.3, -0.25) is 4.79 Å². The van der Waals surface area contributed by atoms with E-state index < -0.39 is 5.54 Å². The van der Waals surface area contributed by atoms with Gasteiger partial charge in [-0.25, -0.2) is 0 Å². The van der Waals surface area contributed by atoms with Crippen LogP contribution in [0.3, 0.4) is 0 Å². The van der Waals surface area contributed by atoms with Crippen LogP contribution in [-0.4, -0.2) is 36.5 Å². The Balaban J connectivity index is 2.39. The third-order valence-corrected chi connectivity index (χ3v) is 4.24. The minimum atomic E-state index is -0.569. The SMILES string of the molecule is CN1CCN(c2ccc(C#N)c(Br)c2)C(C)(C)C1=O. The van der Waals surface area contributed by atoms with Crippen molar-refractivity contribution in [2.24, 2.45) is 0 Å². The predicted molar refractivity (Wildman–Crippen MR) is 77.9 cm³/mol. The Bertz CT molecular complexity index is 562. The number of piperazine rings is 1. The van der Waals surface area contributed by atoms with Crippen LogP contribution >= 0.6 is 15.9 Å². The molecule has 0 radical (unpaired) electrons. The molecule has 100 valence electrons. The third kappa shape index (κ3) is 2.33. The molecule has 5 heteroatoms. The van der Waals surface area contributed by atoms with E-state index in [2.05, 4.69) is 26.9 Å². The van der Waals surface area contributed by atoms with E-state index in [1.807, 2.05) is 33.0 Å². The van der Waals surface area contributed by atoms with Crippen LogP contribution in [0.2, 0.25) is 0 Å². The summed E-state index contributed by atoms with van der Waals surface area (Å²) >= 11 is 3.39. The molecule has 1 amide bonds. The fourth-order valence-electron chi connectivity index (χ4n) is 2.43. The fourth-order valence-corrected chi connectivity index (χ4v) is 2.88. The zero-order valence-corrected chi connectivity index (χ0v) is 12.9. The first kappa shape index (κ1) is 13.9. The van der Waals surface area contributed by atoms with Crippen molar-refractivity contribution < 1.29 is 4.79 Å². The molecule has 0 spiro atoms. The summed E-state index contributed by atoms with van der Waals surface area (Å²) in [6.07, 6.45) is 0. The summed E-state index contributed by atoms with van der Waals surface area (Å²) in [5.74, 6) is 0.110. The molecule has 0 N–H and O–H groups in total. The van der Waals surface area contributed by atoms with E-state index in [-0.39, 0.29) is 5.91 Å². The molecule has 1 saturated heterocycles. The van der Waals surface area contributed by atoms with Crippen molar-refractivity contribution in [2.45, 2.75) is 19.4 Å². The maximum Gasteiger partial charge on any atom is 0.247 e. The van der Waals surface area contributed by atoms with E-state index in [9.17, 15) is 4.79 Å². The van der Waals surface area contributed by atoms with E-state index >= 15 is 0 Å². The maximum absolute atomic E-state index is 12.3. The number of nitriles is 1. The van der Waals surface area contributed by atoms with E-state index in [1.54, 1.807) is 11.0 Å². The predicted octanol–water partition coefficient (Wildman–Crippen LogP) is 2.38. The molecular formula is C14H16BrN3O. The summed E-state index contributed by atoms with van der Waals surface area (Å²) < 4.78 is 0.759. The number of rotatable bonds is 1. The quantitative estimate of drug-likeness (QED) is 0.797. The standard InChI is InChI=1S/C14H16BrN3O/c1-14(2)13(19)17(3)6-7-18(14)11-5-4-10(9-16)12(15)8-11/h4-5,8H,6-7H2,1-3H3. The van der Waals surface area contributed by atoms with Gasteiger partial charge in [0.25, 0.3) is 0 Å². The molecule has 4 nitrogen and oxygen atoms in total. The van der Waals surface area contributed by atoms with Gasteiger partial charge in [0.15, 0.2) is 0 Å². The van der Waals surface area contributed by atoms with E-state index in [1.165, 1.54) is 0 Å². The van der Waals surface area contributed by atoms with Crippen LogP contribution in [0.4, 0.5) is 5.69 Å². The van der Waals surface area contributed by atoms with Gasteiger partial charge in [-0.1, -0.05) is 0 Å². The van der Waals surface area contributed by atoms with Crippen molar-refractivity contribution in [3.63, 3.8) is 0 Å². The molecule has 1 aromatic carbocycles. The summed E-state index contributed by atoms with van der Waals surface area (Å²) in [5.41, 5.74) is 0.986. The zero-order chi connectivity index (χ0) is 14.2. The normalized spacial score (nSPS) is 18.4. The second-order valence-corrected chi connectivity index (χ2v) is 6.07. The average Bonchev–Trinajstić information content (AvgIpc) is 2.36. The second-order valence-electron chi connectivity index (χ2n) is 5.21. The molecule has 0 aliphatic carbocycles. The number of anilines is 1. The topological polar surface area (TPSA) is 47.3 Å². The van der Waals surface area contributed by atoms with Crippen molar-refractivity contribution in [1.29, 1.82) is 5.26 Å². The lowest BCUT2D eigenvalue weighted by atomic mass is 9.96. The highest BCUT2D eigenvalue weighted by Crippen LogP contribution is 2.31. The van der Waals surface area contributed by atoms with E-state index in [0.717, 1.165) is 16.7 Å². The summed E-state index contributed by atoms with van der Waals surface area (Å²) in [6, 6.07) is 7.69. The molecule has 0 aromatic heterocycles. The maximum atomic E-state index is 12.3. The van der Waals surface area contributed by atoms with Crippen molar-refractivity contribution in [1.82, 2.24) is 4.90 Å². The highest BCUT2D eigenvalue weighted by molar-refractivity contribution is 9.10. The van der Waals surface area contributed by atoms with Crippen molar-refractivity contribution in [3.05, 3.63) is 28.2 Å². The smallest absolute Gasteiger partial charge is 0.247 e. The molecule has 0 bridgehead atoms. The van der Waals surface area contributed by atoms with E-state index in [4.69, 9.17) is 5.26 Å². The minimum absolute atomic E-state index is 0.110. The zero-order valence-electron chi connectivity index (χ0n) is 11.3. The van der Waals surface area contributed by atoms with Crippen LogP contribution in [0.5, 0.6) is 0 Å². The molecule has 1 aromatic rings. The summed E-state index contributed by atoms with van der Waals surface area (Å²) in [6.45, 7) is 5.35. The van der Waals surface area contributed by atoms with Gasteiger partial charge in [-0.15, -0.1) is 0 Å². The molecule has 0 saturated carbocycles. The highest BCUT2D eigenvalue weighted by atomic mass is 79.9. The first-order valence-electron chi connectivity index (χ1n) is 6.11. The molecule has 0 unspecified atom stereocenters. The Labute approximate surface area is 121 Å². The van der Waals surface area contributed by atoms with Crippen molar-refractivity contribution >= 4 is 27.5 Å². The number of hydrogen-bond acceptors (Lipinski definition) is 3. The number of amides is 1. The summed E-state index contributed by atoms with van der Waals surface area (Å²) in [4.78, 5) is 16.1.